The molecule has 8 heteroatoms. The first-order valence-corrected chi connectivity index (χ1v) is 11.8. The molecule has 0 bridgehead atoms. The lowest BCUT2D eigenvalue weighted by molar-refractivity contribution is 0.0694. The van der Waals surface area contributed by atoms with Crippen molar-refractivity contribution in [1.82, 2.24) is 29.5 Å². The highest BCUT2D eigenvalue weighted by Crippen LogP contribution is 2.36. The number of benzene rings is 2. The monoisotopic (exact) mass is 464 g/mol. The number of hydrogen-bond donors (Lipinski definition) is 1. The Morgan fingerprint density at radius 2 is 1.91 bits per heavy atom. The van der Waals surface area contributed by atoms with Crippen LogP contribution in [0.1, 0.15) is 52.3 Å². The number of rotatable bonds is 4. The molecule has 1 amide bonds. The predicted molar refractivity (Wildman–Crippen MR) is 132 cm³/mol. The Labute approximate surface area is 201 Å². The highest BCUT2D eigenvalue weighted by Gasteiger charge is 2.32. The highest BCUT2D eigenvalue weighted by molar-refractivity contribution is 5.98. The van der Waals surface area contributed by atoms with Crippen LogP contribution < -0.4 is 5.56 Å². The number of H-pyrrole nitrogens is 1. The van der Waals surface area contributed by atoms with E-state index >= 15 is 0 Å². The van der Waals surface area contributed by atoms with Crippen LogP contribution in [0.5, 0.6) is 0 Å². The minimum Gasteiger partial charge on any atom is -0.327 e. The molecule has 0 saturated heterocycles. The molecule has 174 valence electrons. The predicted octanol–water partition coefficient (Wildman–Crippen LogP) is 3.71. The number of aryl methyl sites for hydroxylation is 1. The Bertz CT molecular complexity index is 1620. The maximum Gasteiger partial charge on any atom is 0.294 e. The van der Waals surface area contributed by atoms with E-state index < -0.39 is 0 Å². The maximum absolute atomic E-state index is 13.9. The van der Waals surface area contributed by atoms with Gasteiger partial charge in [0.25, 0.3) is 11.5 Å². The molecule has 1 atom stereocenters. The van der Waals surface area contributed by atoms with E-state index in [4.69, 9.17) is 0 Å². The SMILES string of the molecule is CCCc1nnc2c(=O)[nH]c3cc(C(=O)N4CCc5ccccc5C4c4ccncc4)ccc3n12. The first-order chi connectivity index (χ1) is 17.2. The molecule has 1 aliphatic heterocycles. The fourth-order valence-electron chi connectivity index (χ4n) is 5.10. The van der Waals surface area contributed by atoms with Gasteiger partial charge in [-0.3, -0.25) is 19.0 Å². The zero-order chi connectivity index (χ0) is 23.9. The number of aromatic amines is 1. The van der Waals surface area contributed by atoms with Crippen LogP contribution in [0.15, 0.2) is 71.8 Å². The van der Waals surface area contributed by atoms with Gasteiger partial charge in [0.15, 0.2) is 0 Å². The summed E-state index contributed by atoms with van der Waals surface area (Å²) in [6.45, 7) is 2.66. The maximum atomic E-state index is 13.9. The Morgan fingerprint density at radius 1 is 1.09 bits per heavy atom. The van der Waals surface area contributed by atoms with E-state index in [2.05, 4.69) is 39.2 Å². The smallest absolute Gasteiger partial charge is 0.294 e. The van der Waals surface area contributed by atoms with E-state index in [-0.39, 0.29) is 23.2 Å². The number of aromatic nitrogens is 5. The van der Waals surface area contributed by atoms with E-state index in [0.717, 1.165) is 35.3 Å². The van der Waals surface area contributed by atoms with Crippen molar-refractivity contribution in [3.8, 4) is 0 Å². The summed E-state index contributed by atoms with van der Waals surface area (Å²) in [6, 6.07) is 17.4. The minimum atomic E-state index is -0.321. The van der Waals surface area contributed by atoms with Crippen LogP contribution in [-0.4, -0.2) is 41.9 Å². The fourth-order valence-corrected chi connectivity index (χ4v) is 5.10. The summed E-state index contributed by atoms with van der Waals surface area (Å²) in [4.78, 5) is 35.5. The van der Waals surface area contributed by atoms with Gasteiger partial charge in [-0.15, -0.1) is 10.2 Å². The normalized spacial score (nSPS) is 15.5. The van der Waals surface area contributed by atoms with Gasteiger partial charge in [0.1, 0.15) is 5.82 Å². The van der Waals surface area contributed by atoms with Crippen molar-refractivity contribution in [2.45, 2.75) is 32.2 Å². The summed E-state index contributed by atoms with van der Waals surface area (Å²) in [5.74, 6) is 0.657. The van der Waals surface area contributed by atoms with Crippen LogP contribution in [0.25, 0.3) is 16.7 Å². The molecular weight excluding hydrogens is 440 g/mol. The topological polar surface area (TPSA) is 96.2 Å². The summed E-state index contributed by atoms with van der Waals surface area (Å²) in [7, 11) is 0. The van der Waals surface area contributed by atoms with Gasteiger partial charge in [-0.2, -0.15) is 0 Å². The van der Waals surface area contributed by atoms with Gasteiger partial charge in [0, 0.05) is 30.9 Å². The third kappa shape index (κ3) is 3.49. The van der Waals surface area contributed by atoms with Gasteiger partial charge in [0.05, 0.1) is 17.1 Å². The number of carbonyl (C=O) groups excluding carboxylic acids is 1. The number of nitrogens with one attached hydrogen (secondary N) is 1. The van der Waals surface area contributed by atoms with Crippen molar-refractivity contribution in [3.63, 3.8) is 0 Å². The molecule has 3 aromatic heterocycles. The van der Waals surface area contributed by atoms with E-state index in [1.165, 1.54) is 5.56 Å². The van der Waals surface area contributed by atoms with Gasteiger partial charge < -0.3 is 9.88 Å². The van der Waals surface area contributed by atoms with E-state index in [1.807, 2.05) is 41.3 Å². The van der Waals surface area contributed by atoms with E-state index in [9.17, 15) is 9.59 Å². The van der Waals surface area contributed by atoms with Crippen LogP contribution in [0.3, 0.4) is 0 Å². The average Bonchev–Trinajstić information content (AvgIpc) is 3.33. The number of nitrogens with zero attached hydrogens (tertiary/aromatic N) is 5. The molecule has 5 aromatic rings. The standard InChI is InChI=1S/C27H24N6O2/c1-2-5-23-30-31-25-26(34)29-21-16-19(8-9-22(21)33(23)25)27(35)32-15-12-17-6-3-4-7-20(17)24(32)18-10-13-28-14-11-18/h3-4,6-11,13-14,16,24H,2,5,12,15H2,1H3,(H,29,34). The van der Waals surface area contributed by atoms with Crippen LogP contribution in [-0.2, 0) is 12.8 Å². The van der Waals surface area contributed by atoms with Crippen LogP contribution in [0.4, 0.5) is 0 Å². The number of fused-ring (bicyclic) bond motifs is 4. The van der Waals surface area contributed by atoms with E-state index in [0.29, 0.717) is 24.0 Å². The average molecular weight is 465 g/mol. The molecule has 35 heavy (non-hydrogen) atoms. The Kier molecular flexibility index (Phi) is 5.13. The van der Waals surface area contributed by atoms with Crippen molar-refractivity contribution in [1.29, 1.82) is 0 Å². The van der Waals surface area contributed by atoms with Crippen molar-refractivity contribution in [2.75, 3.05) is 6.54 Å². The first kappa shape index (κ1) is 21.2. The first-order valence-electron chi connectivity index (χ1n) is 11.8. The van der Waals surface area contributed by atoms with Crippen LogP contribution >= 0.6 is 0 Å². The van der Waals surface area contributed by atoms with E-state index in [1.54, 1.807) is 22.9 Å². The quantitative estimate of drug-likeness (QED) is 0.437. The van der Waals surface area contributed by atoms with Crippen LogP contribution in [0.2, 0.25) is 0 Å². The molecule has 0 fully saturated rings. The van der Waals surface area contributed by atoms with Gasteiger partial charge in [0.2, 0.25) is 5.65 Å². The highest BCUT2D eigenvalue weighted by atomic mass is 16.2. The summed E-state index contributed by atoms with van der Waals surface area (Å²) >= 11 is 0. The molecule has 1 aliphatic rings. The second-order valence-corrected chi connectivity index (χ2v) is 8.84. The molecule has 6 rings (SSSR count). The summed E-state index contributed by atoms with van der Waals surface area (Å²) in [6.07, 6.45) is 5.90. The molecule has 0 radical (unpaired) electrons. The zero-order valence-electron chi connectivity index (χ0n) is 19.3. The molecule has 2 aromatic carbocycles. The van der Waals surface area contributed by atoms with Crippen molar-refractivity contribution in [3.05, 3.63) is 105 Å². The third-order valence-corrected chi connectivity index (χ3v) is 6.71. The lowest BCUT2D eigenvalue weighted by Crippen LogP contribution is -2.40. The van der Waals surface area contributed by atoms with Gasteiger partial charge in [-0.25, -0.2) is 0 Å². The van der Waals surface area contributed by atoms with Gasteiger partial charge in [-0.1, -0.05) is 31.2 Å². The third-order valence-electron chi connectivity index (χ3n) is 6.71. The molecule has 1 unspecified atom stereocenters. The van der Waals surface area contributed by atoms with Crippen molar-refractivity contribution in [2.24, 2.45) is 0 Å². The minimum absolute atomic E-state index is 0.0818. The second-order valence-electron chi connectivity index (χ2n) is 8.84. The van der Waals surface area contributed by atoms with Crippen molar-refractivity contribution < 1.29 is 4.79 Å². The number of carbonyl (C=O) groups is 1. The Balaban J connectivity index is 1.46. The van der Waals surface area contributed by atoms with Gasteiger partial charge in [-0.05, 0) is 59.9 Å². The zero-order valence-corrected chi connectivity index (χ0v) is 19.3. The molecule has 1 N–H and O–H groups in total. The fraction of sp³-hybridized carbons (Fsp3) is 0.222. The lowest BCUT2D eigenvalue weighted by Gasteiger charge is -2.37. The van der Waals surface area contributed by atoms with Crippen LogP contribution in [0, 0.1) is 0 Å². The lowest BCUT2D eigenvalue weighted by atomic mass is 9.88. The summed E-state index contributed by atoms with van der Waals surface area (Å²) in [5, 5.41) is 8.28. The number of hydrogen-bond acceptors (Lipinski definition) is 5. The second kappa shape index (κ2) is 8.47. The molecule has 0 aliphatic carbocycles. The molecule has 4 heterocycles. The molecule has 0 spiro atoms. The Hall–Kier alpha value is -4.33. The summed E-state index contributed by atoms with van der Waals surface area (Å²) in [5.41, 5.74) is 5.23. The number of pyridine rings is 1. The summed E-state index contributed by atoms with van der Waals surface area (Å²) < 4.78 is 1.79. The van der Waals surface area contributed by atoms with Gasteiger partial charge >= 0.3 is 0 Å². The number of amides is 1. The largest absolute Gasteiger partial charge is 0.327 e. The molecule has 0 saturated carbocycles. The molecular formula is C27H24N6O2. The van der Waals surface area contributed by atoms with Crippen molar-refractivity contribution >= 4 is 22.6 Å². The molecule has 8 nitrogen and oxygen atoms in total. The Morgan fingerprint density at radius 3 is 2.74 bits per heavy atom.